The first kappa shape index (κ1) is 16.8. The largest absolute Gasteiger partial charge is 0.481 e. The van der Waals surface area contributed by atoms with Gasteiger partial charge in [0.1, 0.15) is 11.6 Å². The molecule has 2 aromatic rings. The zero-order valence-corrected chi connectivity index (χ0v) is 12.0. The van der Waals surface area contributed by atoms with Crippen LogP contribution in [0.25, 0.3) is 0 Å². The van der Waals surface area contributed by atoms with Gasteiger partial charge in [-0.1, -0.05) is 12.1 Å². The summed E-state index contributed by atoms with van der Waals surface area (Å²) in [5.74, 6) is -0.974. The van der Waals surface area contributed by atoms with Crippen LogP contribution in [0.15, 0.2) is 48.5 Å². The summed E-state index contributed by atoms with van der Waals surface area (Å²) in [6.07, 6.45) is -5.63. The SMILES string of the molecule is C[C@H](Oc1ccc(F)cc1)C(=O)Nc1ccccc1C(F)(F)F. The van der Waals surface area contributed by atoms with Crippen molar-refractivity contribution in [2.45, 2.75) is 19.2 Å². The van der Waals surface area contributed by atoms with Gasteiger partial charge in [0.15, 0.2) is 6.10 Å². The van der Waals surface area contributed by atoms with Crippen molar-refractivity contribution in [3.05, 3.63) is 59.9 Å². The predicted octanol–water partition coefficient (Wildman–Crippen LogP) is 4.25. The predicted molar refractivity (Wildman–Crippen MR) is 76.6 cm³/mol. The van der Waals surface area contributed by atoms with E-state index in [1.54, 1.807) is 0 Å². The molecule has 7 heteroatoms. The molecule has 0 bridgehead atoms. The molecule has 1 amide bonds. The molecule has 0 unspecified atom stereocenters. The first-order chi connectivity index (χ1) is 10.8. The molecular formula is C16H13F4NO2. The van der Waals surface area contributed by atoms with Gasteiger partial charge in [-0.15, -0.1) is 0 Å². The van der Waals surface area contributed by atoms with E-state index < -0.39 is 29.6 Å². The van der Waals surface area contributed by atoms with Crippen LogP contribution in [0.3, 0.4) is 0 Å². The molecule has 3 nitrogen and oxygen atoms in total. The maximum atomic E-state index is 12.9. The molecule has 0 heterocycles. The van der Waals surface area contributed by atoms with Crippen LogP contribution in [0, 0.1) is 5.82 Å². The van der Waals surface area contributed by atoms with E-state index in [-0.39, 0.29) is 11.4 Å². The number of amides is 1. The average Bonchev–Trinajstić information content (AvgIpc) is 2.49. The Balaban J connectivity index is 2.08. The number of benzene rings is 2. The molecule has 122 valence electrons. The number of carbonyl (C=O) groups is 1. The third-order valence-electron chi connectivity index (χ3n) is 2.99. The van der Waals surface area contributed by atoms with E-state index in [1.807, 2.05) is 0 Å². The van der Waals surface area contributed by atoms with Crippen LogP contribution in [0.4, 0.5) is 23.2 Å². The molecule has 0 saturated heterocycles. The lowest BCUT2D eigenvalue weighted by molar-refractivity contribution is -0.137. The monoisotopic (exact) mass is 327 g/mol. The molecule has 0 aliphatic heterocycles. The van der Waals surface area contributed by atoms with Crippen molar-refractivity contribution < 1.29 is 27.1 Å². The van der Waals surface area contributed by atoms with Crippen molar-refractivity contribution in [2.75, 3.05) is 5.32 Å². The molecule has 2 aromatic carbocycles. The fourth-order valence-electron chi connectivity index (χ4n) is 1.84. The summed E-state index contributed by atoms with van der Waals surface area (Å²) < 4.78 is 56.7. The van der Waals surface area contributed by atoms with Crippen LogP contribution in [0.2, 0.25) is 0 Å². The Labute approximate surface area is 129 Å². The van der Waals surface area contributed by atoms with Gasteiger partial charge >= 0.3 is 6.18 Å². The highest BCUT2D eigenvalue weighted by Crippen LogP contribution is 2.34. The van der Waals surface area contributed by atoms with E-state index in [4.69, 9.17) is 4.74 Å². The fraction of sp³-hybridized carbons (Fsp3) is 0.188. The Kier molecular flexibility index (Phi) is 4.88. The number of nitrogens with one attached hydrogen (secondary N) is 1. The van der Waals surface area contributed by atoms with Gasteiger partial charge in [-0.25, -0.2) is 4.39 Å². The topological polar surface area (TPSA) is 38.3 Å². The van der Waals surface area contributed by atoms with E-state index in [2.05, 4.69) is 5.32 Å². The number of ether oxygens (including phenoxy) is 1. The van der Waals surface area contributed by atoms with Crippen molar-refractivity contribution in [1.29, 1.82) is 0 Å². The summed E-state index contributed by atoms with van der Waals surface area (Å²) in [6.45, 7) is 1.38. The van der Waals surface area contributed by atoms with E-state index in [1.165, 1.54) is 31.2 Å². The number of rotatable bonds is 4. The molecule has 1 N–H and O–H groups in total. The normalized spacial score (nSPS) is 12.6. The second-order valence-electron chi connectivity index (χ2n) is 4.75. The zero-order chi connectivity index (χ0) is 17.0. The molecule has 0 saturated carbocycles. The standard InChI is InChI=1S/C16H13F4NO2/c1-10(23-12-8-6-11(17)7-9-12)15(22)21-14-5-3-2-4-13(14)16(18,19)20/h2-10H,1H3,(H,21,22)/t10-/m0/s1. The van der Waals surface area contributed by atoms with Crippen LogP contribution >= 0.6 is 0 Å². The van der Waals surface area contributed by atoms with Gasteiger partial charge in [0.2, 0.25) is 0 Å². The molecule has 2 rings (SSSR count). The number of para-hydroxylation sites is 1. The molecule has 0 aliphatic carbocycles. The van der Waals surface area contributed by atoms with Crippen LogP contribution < -0.4 is 10.1 Å². The Morgan fingerprint density at radius 3 is 2.30 bits per heavy atom. The summed E-state index contributed by atoms with van der Waals surface area (Å²) in [4.78, 5) is 12.0. The maximum Gasteiger partial charge on any atom is 0.418 e. The molecule has 0 fully saturated rings. The second kappa shape index (κ2) is 6.68. The Morgan fingerprint density at radius 1 is 1.09 bits per heavy atom. The van der Waals surface area contributed by atoms with Crippen molar-refractivity contribution in [3.8, 4) is 5.75 Å². The molecule has 0 aromatic heterocycles. The number of halogens is 4. The average molecular weight is 327 g/mol. The molecule has 1 atom stereocenters. The Bertz CT molecular complexity index is 683. The van der Waals surface area contributed by atoms with Crippen molar-refractivity contribution >= 4 is 11.6 Å². The van der Waals surface area contributed by atoms with Crippen LogP contribution in [0.5, 0.6) is 5.75 Å². The summed E-state index contributed by atoms with van der Waals surface area (Å²) in [5.41, 5.74) is -1.29. The highest BCUT2D eigenvalue weighted by molar-refractivity contribution is 5.94. The third kappa shape index (κ3) is 4.45. The maximum absolute atomic E-state index is 12.9. The summed E-state index contributed by atoms with van der Waals surface area (Å²) in [7, 11) is 0. The first-order valence-corrected chi connectivity index (χ1v) is 6.66. The number of carbonyl (C=O) groups excluding carboxylic acids is 1. The van der Waals surface area contributed by atoms with Crippen LogP contribution in [0.1, 0.15) is 12.5 Å². The Hall–Kier alpha value is -2.57. The number of hydrogen-bond acceptors (Lipinski definition) is 2. The van der Waals surface area contributed by atoms with Crippen molar-refractivity contribution in [3.63, 3.8) is 0 Å². The minimum Gasteiger partial charge on any atom is -0.481 e. The molecule has 0 spiro atoms. The number of hydrogen-bond donors (Lipinski definition) is 1. The van der Waals surface area contributed by atoms with E-state index in [0.717, 1.165) is 24.3 Å². The lowest BCUT2D eigenvalue weighted by Crippen LogP contribution is -2.31. The van der Waals surface area contributed by atoms with E-state index >= 15 is 0 Å². The van der Waals surface area contributed by atoms with Gasteiger partial charge in [0, 0.05) is 0 Å². The quantitative estimate of drug-likeness (QED) is 0.853. The van der Waals surface area contributed by atoms with Crippen LogP contribution in [-0.4, -0.2) is 12.0 Å². The molecular weight excluding hydrogens is 314 g/mol. The third-order valence-corrected chi connectivity index (χ3v) is 2.99. The van der Waals surface area contributed by atoms with E-state index in [9.17, 15) is 22.4 Å². The van der Waals surface area contributed by atoms with Gasteiger partial charge < -0.3 is 10.1 Å². The number of alkyl halides is 3. The van der Waals surface area contributed by atoms with E-state index in [0.29, 0.717) is 0 Å². The zero-order valence-electron chi connectivity index (χ0n) is 12.0. The first-order valence-electron chi connectivity index (χ1n) is 6.66. The number of anilines is 1. The minimum absolute atomic E-state index is 0.234. The Morgan fingerprint density at radius 2 is 1.70 bits per heavy atom. The lowest BCUT2D eigenvalue weighted by Gasteiger charge is -2.17. The molecule has 0 radical (unpaired) electrons. The molecule has 23 heavy (non-hydrogen) atoms. The van der Waals surface area contributed by atoms with Gasteiger partial charge in [-0.3, -0.25) is 4.79 Å². The fourth-order valence-corrected chi connectivity index (χ4v) is 1.84. The van der Waals surface area contributed by atoms with Crippen molar-refractivity contribution in [1.82, 2.24) is 0 Å². The van der Waals surface area contributed by atoms with Gasteiger partial charge in [-0.05, 0) is 43.3 Å². The van der Waals surface area contributed by atoms with Gasteiger partial charge in [0.25, 0.3) is 5.91 Å². The van der Waals surface area contributed by atoms with Crippen molar-refractivity contribution in [2.24, 2.45) is 0 Å². The molecule has 0 aliphatic rings. The van der Waals surface area contributed by atoms with Gasteiger partial charge in [0.05, 0.1) is 11.3 Å². The van der Waals surface area contributed by atoms with Gasteiger partial charge in [-0.2, -0.15) is 13.2 Å². The lowest BCUT2D eigenvalue weighted by atomic mass is 10.1. The summed E-state index contributed by atoms with van der Waals surface area (Å²) in [6, 6.07) is 9.60. The second-order valence-corrected chi connectivity index (χ2v) is 4.75. The summed E-state index contributed by atoms with van der Waals surface area (Å²) >= 11 is 0. The minimum atomic E-state index is -4.58. The summed E-state index contributed by atoms with van der Waals surface area (Å²) in [5, 5.41) is 2.19. The highest BCUT2D eigenvalue weighted by atomic mass is 19.4. The highest BCUT2D eigenvalue weighted by Gasteiger charge is 2.33. The van der Waals surface area contributed by atoms with Crippen LogP contribution in [-0.2, 0) is 11.0 Å². The smallest absolute Gasteiger partial charge is 0.418 e.